The summed E-state index contributed by atoms with van der Waals surface area (Å²) in [6.07, 6.45) is 3.70. The van der Waals surface area contributed by atoms with Crippen LogP contribution in [0.25, 0.3) is 0 Å². The average Bonchev–Trinajstić information content (AvgIpc) is 2.48. The van der Waals surface area contributed by atoms with Crippen LogP contribution in [0.1, 0.15) is 18.4 Å². The summed E-state index contributed by atoms with van der Waals surface area (Å²) in [7, 11) is -3.70. The average molecular weight is 326 g/mol. The summed E-state index contributed by atoms with van der Waals surface area (Å²) < 4.78 is 27.0. The van der Waals surface area contributed by atoms with E-state index < -0.39 is 10.0 Å². The number of benzene rings is 1. The van der Waals surface area contributed by atoms with Gasteiger partial charge in [0.15, 0.2) is 0 Å². The zero-order valence-corrected chi connectivity index (χ0v) is 13.0. The zero-order chi connectivity index (χ0) is 15.3. The Morgan fingerprint density at radius 1 is 1.43 bits per heavy atom. The van der Waals surface area contributed by atoms with Crippen LogP contribution in [0.4, 0.5) is 0 Å². The maximum Gasteiger partial charge on any atom is 0.242 e. The Labute approximate surface area is 129 Å². The maximum absolute atomic E-state index is 12.2. The molecule has 0 saturated carbocycles. The molecule has 2 N–H and O–H groups in total. The minimum absolute atomic E-state index is 0.0532. The summed E-state index contributed by atoms with van der Waals surface area (Å²) in [6.45, 7) is 2.08. The van der Waals surface area contributed by atoms with Gasteiger partial charge in [-0.15, -0.1) is 0 Å². The van der Waals surface area contributed by atoms with Gasteiger partial charge in [-0.25, -0.2) is 13.1 Å². The van der Waals surface area contributed by atoms with Crippen molar-refractivity contribution in [2.75, 3.05) is 19.6 Å². The second kappa shape index (κ2) is 7.05. The summed E-state index contributed by atoms with van der Waals surface area (Å²) in [4.78, 5) is -0.0532. The van der Waals surface area contributed by atoms with Crippen LogP contribution in [0.3, 0.4) is 0 Å². The molecule has 0 aromatic heterocycles. The molecule has 1 aromatic rings. The van der Waals surface area contributed by atoms with Crippen LogP contribution in [0, 0.1) is 11.3 Å². The molecule has 1 aliphatic heterocycles. The summed E-state index contributed by atoms with van der Waals surface area (Å²) >= 11 is 5.92. The van der Waals surface area contributed by atoms with Gasteiger partial charge in [0.25, 0.3) is 0 Å². The van der Waals surface area contributed by atoms with Crippen LogP contribution in [-0.2, 0) is 10.0 Å². The second-order valence-corrected chi connectivity index (χ2v) is 6.86. The van der Waals surface area contributed by atoms with E-state index in [0.29, 0.717) is 13.0 Å². The molecule has 0 unspecified atom stereocenters. The molecule has 0 bridgehead atoms. The molecule has 0 amide bonds. The molecule has 21 heavy (non-hydrogen) atoms. The van der Waals surface area contributed by atoms with Gasteiger partial charge in [0.2, 0.25) is 10.0 Å². The van der Waals surface area contributed by atoms with Crippen molar-refractivity contribution in [1.82, 2.24) is 10.0 Å². The van der Waals surface area contributed by atoms with Gasteiger partial charge in [-0.2, -0.15) is 5.26 Å². The Balaban J connectivity index is 2.05. The number of nitrogens with one attached hydrogen (secondary N) is 2. The Morgan fingerprint density at radius 3 is 2.90 bits per heavy atom. The highest BCUT2D eigenvalue weighted by Crippen LogP contribution is 2.22. The van der Waals surface area contributed by atoms with E-state index in [9.17, 15) is 8.42 Å². The van der Waals surface area contributed by atoms with Gasteiger partial charge in [-0.05, 0) is 37.6 Å². The van der Waals surface area contributed by atoms with Gasteiger partial charge in [0.1, 0.15) is 4.90 Å². The van der Waals surface area contributed by atoms with Crippen LogP contribution in [0.15, 0.2) is 34.7 Å². The third-order valence-corrected chi connectivity index (χ3v) is 5.19. The lowest BCUT2D eigenvalue weighted by Gasteiger charge is -2.14. The molecular weight excluding hydrogens is 310 g/mol. The van der Waals surface area contributed by atoms with E-state index in [2.05, 4.69) is 16.1 Å². The third-order valence-electron chi connectivity index (χ3n) is 3.25. The van der Waals surface area contributed by atoms with Gasteiger partial charge in [-0.1, -0.05) is 23.3 Å². The molecule has 0 spiro atoms. The fourth-order valence-corrected chi connectivity index (χ4v) is 3.65. The SMILES string of the molecule is N#Cc1ccc(Cl)c(S(=O)(=O)NCCC2=CCNCC2)c1. The molecule has 1 aliphatic rings. The van der Waals surface area contributed by atoms with Crippen LogP contribution in [-0.4, -0.2) is 28.1 Å². The minimum atomic E-state index is -3.70. The molecule has 2 rings (SSSR count). The molecule has 1 heterocycles. The van der Waals surface area contributed by atoms with Crippen molar-refractivity contribution in [1.29, 1.82) is 5.26 Å². The molecule has 0 radical (unpaired) electrons. The van der Waals surface area contributed by atoms with Gasteiger partial charge in [-0.3, -0.25) is 0 Å². The lowest BCUT2D eigenvalue weighted by Crippen LogP contribution is -2.27. The molecule has 1 aromatic carbocycles. The molecule has 0 atom stereocenters. The first kappa shape index (κ1) is 16.0. The number of rotatable bonds is 5. The Morgan fingerprint density at radius 2 is 2.24 bits per heavy atom. The fourth-order valence-electron chi connectivity index (χ4n) is 2.10. The predicted molar refractivity (Wildman–Crippen MR) is 81.5 cm³/mol. The molecular formula is C14H16ClN3O2S. The van der Waals surface area contributed by atoms with Crippen molar-refractivity contribution >= 4 is 21.6 Å². The molecule has 0 fully saturated rings. The van der Waals surface area contributed by atoms with Gasteiger partial charge >= 0.3 is 0 Å². The third kappa shape index (κ3) is 4.29. The fraction of sp³-hybridized carbons (Fsp3) is 0.357. The molecule has 112 valence electrons. The molecule has 0 saturated heterocycles. The first-order valence-corrected chi connectivity index (χ1v) is 8.47. The predicted octanol–water partition coefficient (Wildman–Crippen LogP) is 1.80. The van der Waals surface area contributed by atoms with Gasteiger partial charge in [0, 0.05) is 13.1 Å². The number of sulfonamides is 1. The first-order chi connectivity index (χ1) is 10.0. The van der Waals surface area contributed by atoms with Crippen molar-refractivity contribution < 1.29 is 8.42 Å². The van der Waals surface area contributed by atoms with Crippen molar-refractivity contribution in [2.24, 2.45) is 0 Å². The van der Waals surface area contributed by atoms with E-state index in [1.807, 2.05) is 6.07 Å². The van der Waals surface area contributed by atoms with E-state index in [1.54, 1.807) is 0 Å². The van der Waals surface area contributed by atoms with Crippen LogP contribution >= 0.6 is 11.6 Å². The largest absolute Gasteiger partial charge is 0.313 e. The van der Waals surface area contributed by atoms with Crippen LogP contribution in [0.5, 0.6) is 0 Å². The van der Waals surface area contributed by atoms with E-state index in [4.69, 9.17) is 16.9 Å². The maximum atomic E-state index is 12.2. The normalized spacial score (nSPS) is 15.3. The summed E-state index contributed by atoms with van der Waals surface area (Å²) in [5, 5.41) is 12.2. The highest BCUT2D eigenvalue weighted by Gasteiger charge is 2.18. The lowest BCUT2D eigenvalue weighted by molar-refractivity contribution is 0.580. The zero-order valence-electron chi connectivity index (χ0n) is 11.4. The quantitative estimate of drug-likeness (QED) is 0.809. The highest BCUT2D eigenvalue weighted by atomic mass is 35.5. The van der Waals surface area contributed by atoms with Gasteiger partial charge < -0.3 is 5.32 Å². The van der Waals surface area contributed by atoms with Gasteiger partial charge in [0.05, 0.1) is 16.7 Å². The number of hydrogen-bond donors (Lipinski definition) is 2. The Bertz CT molecular complexity index is 693. The van der Waals surface area contributed by atoms with E-state index in [0.717, 1.165) is 19.5 Å². The standard InChI is InChI=1S/C14H16ClN3O2S/c15-13-2-1-12(10-16)9-14(13)21(19,20)18-8-5-11-3-6-17-7-4-11/h1-3,9,17-18H,4-8H2. The first-order valence-electron chi connectivity index (χ1n) is 6.61. The smallest absolute Gasteiger partial charge is 0.242 e. The van der Waals surface area contributed by atoms with Crippen molar-refractivity contribution in [3.63, 3.8) is 0 Å². The van der Waals surface area contributed by atoms with Crippen LogP contribution in [0.2, 0.25) is 5.02 Å². The van der Waals surface area contributed by atoms with E-state index in [-0.39, 0.29) is 15.5 Å². The van der Waals surface area contributed by atoms with Crippen molar-refractivity contribution in [3.8, 4) is 6.07 Å². The Kier molecular flexibility index (Phi) is 5.37. The number of halogens is 1. The molecule has 7 heteroatoms. The topological polar surface area (TPSA) is 82.0 Å². The lowest BCUT2D eigenvalue weighted by atomic mass is 10.1. The molecule has 0 aliphatic carbocycles. The number of hydrogen-bond acceptors (Lipinski definition) is 4. The van der Waals surface area contributed by atoms with E-state index in [1.165, 1.54) is 23.8 Å². The Hall–Kier alpha value is -1.39. The van der Waals surface area contributed by atoms with Crippen molar-refractivity contribution in [3.05, 3.63) is 40.4 Å². The summed E-state index contributed by atoms with van der Waals surface area (Å²) in [5.41, 5.74) is 1.51. The molecule has 5 nitrogen and oxygen atoms in total. The summed E-state index contributed by atoms with van der Waals surface area (Å²) in [6, 6.07) is 6.10. The number of nitrogens with zero attached hydrogens (tertiary/aromatic N) is 1. The second-order valence-electron chi connectivity index (χ2n) is 4.72. The monoisotopic (exact) mass is 325 g/mol. The summed E-state index contributed by atoms with van der Waals surface area (Å²) in [5.74, 6) is 0. The van der Waals surface area contributed by atoms with E-state index >= 15 is 0 Å². The van der Waals surface area contributed by atoms with Crippen molar-refractivity contribution in [2.45, 2.75) is 17.7 Å². The minimum Gasteiger partial charge on any atom is -0.313 e. The highest BCUT2D eigenvalue weighted by molar-refractivity contribution is 7.89. The van der Waals surface area contributed by atoms with Crippen LogP contribution < -0.4 is 10.0 Å². The number of nitriles is 1.